The Labute approximate surface area is 104 Å². The van der Waals surface area contributed by atoms with E-state index in [2.05, 4.69) is 4.98 Å². The summed E-state index contributed by atoms with van der Waals surface area (Å²) in [6.45, 7) is 0.553. The highest BCUT2D eigenvalue weighted by atomic mass is 16.1. The third-order valence-electron chi connectivity index (χ3n) is 2.96. The SMILES string of the molecule is O=c1c2ccccc2ccn1Cc1cccnc1. The van der Waals surface area contributed by atoms with E-state index in [4.69, 9.17) is 0 Å². The van der Waals surface area contributed by atoms with E-state index in [1.807, 2.05) is 48.7 Å². The lowest BCUT2D eigenvalue weighted by Gasteiger charge is -2.06. The number of fused-ring (bicyclic) bond motifs is 1. The van der Waals surface area contributed by atoms with E-state index >= 15 is 0 Å². The van der Waals surface area contributed by atoms with Crippen LogP contribution in [0, 0.1) is 0 Å². The Hall–Kier alpha value is -2.42. The largest absolute Gasteiger partial charge is 0.311 e. The number of aromatic nitrogens is 2. The first-order valence-electron chi connectivity index (χ1n) is 5.82. The first-order valence-corrected chi connectivity index (χ1v) is 5.82. The van der Waals surface area contributed by atoms with Gasteiger partial charge in [0.15, 0.2) is 0 Å². The molecule has 0 N–H and O–H groups in total. The molecule has 0 saturated carbocycles. The zero-order valence-corrected chi connectivity index (χ0v) is 9.78. The smallest absolute Gasteiger partial charge is 0.258 e. The Kier molecular flexibility index (Phi) is 2.65. The average Bonchev–Trinajstić information content (AvgIpc) is 2.43. The van der Waals surface area contributed by atoms with Crippen LogP contribution in [0.4, 0.5) is 0 Å². The van der Waals surface area contributed by atoms with Gasteiger partial charge in [-0.15, -0.1) is 0 Å². The Morgan fingerprint density at radius 3 is 2.78 bits per heavy atom. The van der Waals surface area contributed by atoms with Gasteiger partial charge in [0.05, 0.1) is 6.54 Å². The Bertz CT molecular complexity index is 732. The van der Waals surface area contributed by atoms with Gasteiger partial charge in [-0.25, -0.2) is 0 Å². The van der Waals surface area contributed by atoms with Gasteiger partial charge in [-0.2, -0.15) is 0 Å². The van der Waals surface area contributed by atoms with E-state index in [0.29, 0.717) is 6.54 Å². The molecule has 0 atom stereocenters. The lowest BCUT2D eigenvalue weighted by atomic mass is 10.2. The molecule has 0 saturated heterocycles. The first-order chi connectivity index (χ1) is 8.84. The molecule has 0 amide bonds. The van der Waals surface area contributed by atoms with Crippen molar-refractivity contribution in [1.82, 2.24) is 9.55 Å². The summed E-state index contributed by atoms with van der Waals surface area (Å²) in [5.41, 5.74) is 1.06. The Balaban J connectivity index is 2.08. The molecule has 0 fully saturated rings. The minimum Gasteiger partial charge on any atom is -0.311 e. The molecule has 0 aliphatic carbocycles. The maximum atomic E-state index is 12.3. The maximum Gasteiger partial charge on any atom is 0.258 e. The van der Waals surface area contributed by atoms with Gasteiger partial charge in [0.2, 0.25) is 0 Å². The summed E-state index contributed by atoms with van der Waals surface area (Å²) in [6, 6.07) is 13.4. The molecule has 0 unspecified atom stereocenters. The number of hydrogen-bond donors (Lipinski definition) is 0. The van der Waals surface area contributed by atoms with E-state index in [1.165, 1.54) is 0 Å². The fourth-order valence-electron chi connectivity index (χ4n) is 2.04. The van der Waals surface area contributed by atoms with Crippen molar-refractivity contribution >= 4 is 10.8 Å². The lowest BCUT2D eigenvalue weighted by Crippen LogP contribution is -2.19. The molecule has 0 aliphatic rings. The van der Waals surface area contributed by atoms with Crippen LogP contribution in [0.3, 0.4) is 0 Å². The van der Waals surface area contributed by atoms with Crippen molar-refractivity contribution in [3.05, 3.63) is 77.0 Å². The molecule has 2 heterocycles. The molecule has 0 aliphatic heterocycles. The number of rotatable bonds is 2. The van der Waals surface area contributed by atoms with E-state index in [0.717, 1.165) is 16.3 Å². The van der Waals surface area contributed by atoms with E-state index in [1.54, 1.807) is 17.0 Å². The standard InChI is InChI=1S/C15H12N2O/c18-15-14-6-2-1-5-13(14)7-9-17(15)11-12-4-3-8-16-10-12/h1-10H,11H2. The summed E-state index contributed by atoms with van der Waals surface area (Å²) in [5.74, 6) is 0. The number of pyridine rings is 2. The molecule has 88 valence electrons. The average molecular weight is 236 g/mol. The molecular weight excluding hydrogens is 224 g/mol. The molecule has 3 nitrogen and oxygen atoms in total. The molecular formula is C15H12N2O. The normalized spacial score (nSPS) is 10.7. The number of benzene rings is 1. The van der Waals surface area contributed by atoms with Crippen molar-refractivity contribution in [1.29, 1.82) is 0 Å². The lowest BCUT2D eigenvalue weighted by molar-refractivity contribution is 0.765. The van der Waals surface area contributed by atoms with Crippen LogP contribution in [0.1, 0.15) is 5.56 Å². The van der Waals surface area contributed by atoms with E-state index < -0.39 is 0 Å². The van der Waals surface area contributed by atoms with Gasteiger partial charge >= 0.3 is 0 Å². The van der Waals surface area contributed by atoms with Crippen molar-refractivity contribution in [2.75, 3.05) is 0 Å². The maximum absolute atomic E-state index is 12.3. The monoisotopic (exact) mass is 236 g/mol. The third kappa shape index (κ3) is 1.91. The van der Waals surface area contributed by atoms with Crippen molar-refractivity contribution in [3.63, 3.8) is 0 Å². The Morgan fingerprint density at radius 2 is 1.94 bits per heavy atom. The molecule has 1 aromatic carbocycles. The fourth-order valence-corrected chi connectivity index (χ4v) is 2.04. The zero-order chi connectivity index (χ0) is 12.4. The second-order valence-corrected chi connectivity index (χ2v) is 4.20. The van der Waals surface area contributed by atoms with E-state index in [9.17, 15) is 4.79 Å². The topological polar surface area (TPSA) is 34.9 Å². The van der Waals surface area contributed by atoms with Crippen LogP contribution in [0.5, 0.6) is 0 Å². The highest BCUT2D eigenvalue weighted by Crippen LogP contribution is 2.08. The van der Waals surface area contributed by atoms with E-state index in [-0.39, 0.29) is 5.56 Å². The summed E-state index contributed by atoms with van der Waals surface area (Å²) >= 11 is 0. The van der Waals surface area contributed by atoms with Crippen LogP contribution < -0.4 is 5.56 Å². The molecule has 0 spiro atoms. The molecule has 3 aromatic rings. The van der Waals surface area contributed by atoms with Crippen LogP contribution in [-0.2, 0) is 6.54 Å². The van der Waals surface area contributed by atoms with Crippen LogP contribution >= 0.6 is 0 Å². The number of nitrogens with zero attached hydrogens (tertiary/aromatic N) is 2. The minimum atomic E-state index is 0.0388. The summed E-state index contributed by atoms with van der Waals surface area (Å²) in [6.07, 6.45) is 5.34. The quantitative estimate of drug-likeness (QED) is 0.685. The van der Waals surface area contributed by atoms with Gasteiger partial charge in [0.25, 0.3) is 5.56 Å². The summed E-state index contributed by atoms with van der Waals surface area (Å²) < 4.78 is 1.71. The van der Waals surface area contributed by atoms with Crippen LogP contribution in [0.15, 0.2) is 65.8 Å². The van der Waals surface area contributed by atoms with Crippen LogP contribution in [-0.4, -0.2) is 9.55 Å². The highest BCUT2D eigenvalue weighted by molar-refractivity contribution is 5.81. The minimum absolute atomic E-state index is 0.0388. The summed E-state index contributed by atoms with van der Waals surface area (Å²) in [5, 5.41) is 1.73. The van der Waals surface area contributed by atoms with Crippen LogP contribution in [0.2, 0.25) is 0 Å². The second kappa shape index (κ2) is 4.45. The Morgan fingerprint density at radius 1 is 1.06 bits per heavy atom. The van der Waals surface area contributed by atoms with Gasteiger partial charge < -0.3 is 4.57 Å². The predicted molar refractivity (Wildman–Crippen MR) is 71.5 cm³/mol. The number of hydrogen-bond acceptors (Lipinski definition) is 2. The van der Waals surface area contributed by atoms with Crippen molar-refractivity contribution in [2.45, 2.75) is 6.54 Å². The van der Waals surface area contributed by atoms with Gasteiger partial charge in [0, 0.05) is 24.0 Å². The summed E-state index contributed by atoms with van der Waals surface area (Å²) in [4.78, 5) is 16.3. The van der Waals surface area contributed by atoms with Crippen molar-refractivity contribution in [2.24, 2.45) is 0 Å². The zero-order valence-electron chi connectivity index (χ0n) is 9.78. The molecule has 3 rings (SSSR count). The van der Waals surface area contributed by atoms with Gasteiger partial charge in [-0.3, -0.25) is 9.78 Å². The van der Waals surface area contributed by atoms with Gasteiger partial charge in [-0.05, 0) is 29.1 Å². The second-order valence-electron chi connectivity index (χ2n) is 4.20. The van der Waals surface area contributed by atoms with Crippen molar-refractivity contribution in [3.8, 4) is 0 Å². The molecule has 0 bridgehead atoms. The molecule has 2 aromatic heterocycles. The molecule has 3 heteroatoms. The van der Waals surface area contributed by atoms with Crippen molar-refractivity contribution < 1.29 is 0 Å². The molecule has 18 heavy (non-hydrogen) atoms. The highest BCUT2D eigenvalue weighted by Gasteiger charge is 2.02. The van der Waals surface area contributed by atoms with Crippen LogP contribution in [0.25, 0.3) is 10.8 Å². The molecule has 0 radical (unpaired) electrons. The third-order valence-corrected chi connectivity index (χ3v) is 2.96. The van der Waals surface area contributed by atoms with Gasteiger partial charge in [-0.1, -0.05) is 24.3 Å². The van der Waals surface area contributed by atoms with Gasteiger partial charge in [0.1, 0.15) is 0 Å². The fraction of sp³-hybridized carbons (Fsp3) is 0.0667. The first kappa shape index (κ1) is 10.7. The summed E-state index contributed by atoms with van der Waals surface area (Å²) in [7, 11) is 0. The predicted octanol–water partition coefficient (Wildman–Crippen LogP) is 2.44.